The maximum atomic E-state index is 13.5. The molecule has 0 radical (unpaired) electrons. The van der Waals surface area contributed by atoms with E-state index in [2.05, 4.69) is 10.4 Å². The number of nitrogens with one attached hydrogen (secondary N) is 1. The minimum absolute atomic E-state index is 0.00227. The first kappa shape index (κ1) is 17.4. The van der Waals surface area contributed by atoms with Crippen molar-refractivity contribution in [2.45, 2.75) is 25.1 Å². The topological polar surface area (TPSA) is 72.9 Å². The Balaban J connectivity index is 1.88. The van der Waals surface area contributed by atoms with Crippen molar-refractivity contribution >= 4 is 5.91 Å². The zero-order valence-corrected chi connectivity index (χ0v) is 13.1. The number of hydrogen-bond donors (Lipinski definition) is 2. The molecule has 1 aliphatic carbocycles. The summed E-state index contributed by atoms with van der Waals surface area (Å²) in [5, 5.41) is 6.09. The minimum Gasteiger partial charge on any atom is -0.350 e. The van der Waals surface area contributed by atoms with E-state index in [0.717, 1.165) is 43.3 Å². The van der Waals surface area contributed by atoms with Gasteiger partial charge in [-0.25, -0.2) is 9.07 Å². The van der Waals surface area contributed by atoms with Crippen LogP contribution in [0.25, 0.3) is 5.69 Å². The summed E-state index contributed by atoms with van der Waals surface area (Å²) in [6, 6.07) is 4.08. The third-order valence-corrected chi connectivity index (χ3v) is 4.08. The largest absolute Gasteiger partial charge is 0.434 e. The third-order valence-electron chi connectivity index (χ3n) is 4.08. The second kappa shape index (κ2) is 6.47. The van der Waals surface area contributed by atoms with Gasteiger partial charge in [0.1, 0.15) is 5.82 Å². The van der Waals surface area contributed by atoms with Crippen LogP contribution in [-0.4, -0.2) is 28.3 Å². The lowest BCUT2D eigenvalue weighted by molar-refractivity contribution is -0.143. The molecule has 1 fully saturated rings. The van der Waals surface area contributed by atoms with Gasteiger partial charge in [0.25, 0.3) is 5.91 Å². The zero-order chi connectivity index (χ0) is 18.2. The smallest absolute Gasteiger partial charge is 0.350 e. The van der Waals surface area contributed by atoms with Gasteiger partial charge in [0, 0.05) is 12.6 Å². The second-order valence-electron chi connectivity index (χ2n) is 6.00. The molecule has 1 saturated carbocycles. The number of carbonyl (C=O) groups is 1. The van der Waals surface area contributed by atoms with Crippen LogP contribution in [0, 0.1) is 11.7 Å². The van der Waals surface area contributed by atoms with E-state index >= 15 is 0 Å². The highest BCUT2D eigenvalue weighted by Gasteiger charge is 2.40. The fourth-order valence-electron chi connectivity index (χ4n) is 2.56. The van der Waals surface area contributed by atoms with Gasteiger partial charge in [-0.3, -0.25) is 4.79 Å². The Labute approximate surface area is 140 Å². The normalized spacial score (nSPS) is 15.9. The van der Waals surface area contributed by atoms with Crippen LogP contribution in [0.4, 0.5) is 17.6 Å². The van der Waals surface area contributed by atoms with E-state index in [1.165, 1.54) is 0 Å². The number of aromatic nitrogens is 2. The fraction of sp³-hybridized carbons (Fsp3) is 0.375. The average molecular weight is 356 g/mol. The lowest BCUT2D eigenvalue weighted by atomic mass is 10.2. The van der Waals surface area contributed by atoms with Crippen molar-refractivity contribution in [3.8, 4) is 5.69 Å². The fourth-order valence-corrected chi connectivity index (χ4v) is 2.56. The molecule has 0 spiro atoms. The summed E-state index contributed by atoms with van der Waals surface area (Å²) in [5.41, 5.74) is 4.04. The van der Waals surface area contributed by atoms with E-state index < -0.39 is 29.2 Å². The molecule has 3 N–H and O–H groups in total. The number of rotatable bonds is 5. The van der Waals surface area contributed by atoms with Crippen molar-refractivity contribution in [2.24, 2.45) is 11.7 Å². The Morgan fingerprint density at radius 1 is 1.32 bits per heavy atom. The molecule has 1 unspecified atom stereocenters. The molecular weight excluding hydrogens is 340 g/mol. The van der Waals surface area contributed by atoms with Gasteiger partial charge in [-0.15, -0.1) is 0 Å². The number of halogens is 4. The average Bonchev–Trinajstić information content (AvgIpc) is 3.30. The molecule has 1 atom stereocenters. The molecule has 0 bridgehead atoms. The summed E-state index contributed by atoms with van der Waals surface area (Å²) >= 11 is 0. The summed E-state index contributed by atoms with van der Waals surface area (Å²) in [6.07, 6.45) is -2.03. The predicted molar refractivity (Wildman–Crippen MR) is 81.6 cm³/mol. The van der Waals surface area contributed by atoms with Gasteiger partial charge >= 0.3 is 6.18 Å². The van der Waals surface area contributed by atoms with Gasteiger partial charge in [-0.1, -0.05) is 0 Å². The summed E-state index contributed by atoms with van der Waals surface area (Å²) in [6.45, 7) is 0.0997. The summed E-state index contributed by atoms with van der Waals surface area (Å²) < 4.78 is 54.0. The molecule has 1 aromatic carbocycles. The quantitative estimate of drug-likeness (QED) is 0.809. The lowest BCUT2D eigenvalue weighted by Gasteiger charge is -2.14. The maximum absolute atomic E-state index is 13.5. The molecule has 5 nitrogen and oxygen atoms in total. The Morgan fingerprint density at radius 2 is 1.96 bits per heavy atom. The molecule has 9 heteroatoms. The summed E-state index contributed by atoms with van der Waals surface area (Å²) in [7, 11) is 0. The molecular formula is C16H16F4N4O. The van der Waals surface area contributed by atoms with Crippen LogP contribution in [0.15, 0.2) is 30.5 Å². The first-order valence-electron chi connectivity index (χ1n) is 7.72. The first-order valence-corrected chi connectivity index (χ1v) is 7.72. The van der Waals surface area contributed by atoms with Crippen molar-refractivity contribution in [3.63, 3.8) is 0 Å². The van der Waals surface area contributed by atoms with Crippen LogP contribution in [0.1, 0.15) is 28.9 Å². The molecule has 0 aliphatic heterocycles. The van der Waals surface area contributed by atoms with Crippen molar-refractivity contribution < 1.29 is 22.4 Å². The van der Waals surface area contributed by atoms with Crippen molar-refractivity contribution in [1.29, 1.82) is 0 Å². The number of benzene rings is 1. The van der Waals surface area contributed by atoms with E-state index in [-0.39, 0.29) is 18.3 Å². The van der Waals surface area contributed by atoms with Gasteiger partial charge < -0.3 is 11.1 Å². The summed E-state index contributed by atoms with van der Waals surface area (Å²) in [4.78, 5) is 12.2. The van der Waals surface area contributed by atoms with Gasteiger partial charge in [0.05, 0.1) is 17.4 Å². The minimum atomic E-state index is -4.81. The van der Waals surface area contributed by atoms with Crippen LogP contribution in [-0.2, 0) is 6.18 Å². The van der Waals surface area contributed by atoms with E-state index in [4.69, 9.17) is 5.73 Å². The zero-order valence-electron chi connectivity index (χ0n) is 13.1. The molecule has 2 aromatic rings. The van der Waals surface area contributed by atoms with Crippen LogP contribution < -0.4 is 11.1 Å². The van der Waals surface area contributed by atoms with E-state index in [1.807, 2.05) is 0 Å². The summed E-state index contributed by atoms with van der Waals surface area (Å²) in [5.74, 6) is -1.17. The van der Waals surface area contributed by atoms with Gasteiger partial charge in [0.2, 0.25) is 0 Å². The van der Waals surface area contributed by atoms with Crippen LogP contribution in [0.5, 0.6) is 0 Å². The number of carbonyl (C=O) groups excluding carboxylic acids is 1. The highest BCUT2D eigenvalue weighted by Crippen LogP contribution is 2.34. The molecule has 1 heterocycles. The SMILES string of the molecule is NC(CNC(=O)c1cnn(-c2ccc(F)cc2)c1C(F)(F)F)C1CC1. The number of nitrogens with two attached hydrogens (primary N) is 1. The van der Waals surface area contributed by atoms with Gasteiger partial charge in [-0.2, -0.15) is 18.3 Å². The number of nitrogens with zero attached hydrogens (tertiary/aromatic N) is 2. The predicted octanol–water partition coefficient (Wildman–Crippen LogP) is 2.50. The molecule has 1 aromatic heterocycles. The van der Waals surface area contributed by atoms with E-state index in [0.29, 0.717) is 10.6 Å². The highest BCUT2D eigenvalue weighted by atomic mass is 19.4. The van der Waals surface area contributed by atoms with Crippen molar-refractivity contribution in [2.75, 3.05) is 6.54 Å². The van der Waals surface area contributed by atoms with Crippen molar-refractivity contribution in [3.05, 3.63) is 47.5 Å². The van der Waals surface area contributed by atoms with E-state index in [9.17, 15) is 22.4 Å². The van der Waals surface area contributed by atoms with Crippen LogP contribution >= 0.6 is 0 Å². The van der Waals surface area contributed by atoms with Crippen LogP contribution in [0.2, 0.25) is 0 Å². The molecule has 0 saturated heterocycles. The van der Waals surface area contributed by atoms with Gasteiger partial charge in [0.15, 0.2) is 5.69 Å². The molecule has 1 aliphatic rings. The van der Waals surface area contributed by atoms with Gasteiger partial charge in [-0.05, 0) is 43.0 Å². The second-order valence-corrected chi connectivity index (χ2v) is 6.00. The lowest BCUT2D eigenvalue weighted by Crippen LogP contribution is -2.39. The number of alkyl halides is 3. The highest BCUT2D eigenvalue weighted by molar-refractivity contribution is 5.95. The monoisotopic (exact) mass is 356 g/mol. The van der Waals surface area contributed by atoms with E-state index in [1.54, 1.807) is 0 Å². The molecule has 1 amide bonds. The Bertz CT molecular complexity index is 765. The molecule has 134 valence electrons. The molecule has 3 rings (SSSR count). The van der Waals surface area contributed by atoms with Crippen LogP contribution in [0.3, 0.4) is 0 Å². The third kappa shape index (κ3) is 3.81. The molecule has 25 heavy (non-hydrogen) atoms. The Morgan fingerprint density at radius 3 is 2.52 bits per heavy atom. The first-order chi connectivity index (χ1) is 11.8. The Hall–Kier alpha value is -2.42. The number of amides is 1. The maximum Gasteiger partial charge on any atom is 0.434 e. The standard InChI is InChI=1S/C16H16F4N4O/c17-10-3-5-11(6-4-10)24-14(16(18,19)20)12(7-23-24)15(25)22-8-13(21)9-1-2-9/h3-7,9,13H,1-2,8,21H2,(H,22,25). The number of hydrogen-bond acceptors (Lipinski definition) is 3. The van der Waals surface area contributed by atoms with Crippen molar-refractivity contribution in [1.82, 2.24) is 15.1 Å². The Kier molecular flexibility index (Phi) is 4.51.